The van der Waals surface area contributed by atoms with Gasteiger partial charge >= 0.3 is 5.97 Å². The van der Waals surface area contributed by atoms with Crippen molar-refractivity contribution in [3.63, 3.8) is 0 Å². The number of ether oxygens (including phenoxy) is 1. The molecule has 0 fully saturated rings. The number of hydrogen-bond donors (Lipinski definition) is 2. The van der Waals surface area contributed by atoms with E-state index in [9.17, 15) is 9.59 Å². The van der Waals surface area contributed by atoms with Crippen LogP contribution in [0.3, 0.4) is 0 Å². The highest BCUT2D eigenvalue weighted by Crippen LogP contribution is 2.27. The zero-order valence-corrected chi connectivity index (χ0v) is 12.3. The van der Waals surface area contributed by atoms with E-state index in [1.54, 1.807) is 18.2 Å². The summed E-state index contributed by atoms with van der Waals surface area (Å²) in [6.07, 6.45) is -0.109. The SMILES string of the molecule is CC(C)Oc1ccccc1NC(=O)CC(C)(C)C(=O)O. The van der Waals surface area contributed by atoms with Crippen LogP contribution in [0.5, 0.6) is 5.75 Å². The summed E-state index contributed by atoms with van der Waals surface area (Å²) in [6, 6.07) is 7.08. The largest absolute Gasteiger partial charge is 0.489 e. The average Bonchev–Trinajstić information content (AvgIpc) is 2.30. The van der Waals surface area contributed by atoms with Crippen molar-refractivity contribution in [2.75, 3.05) is 5.32 Å². The maximum Gasteiger partial charge on any atom is 0.309 e. The lowest BCUT2D eigenvalue weighted by Gasteiger charge is -2.19. The molecule has 5 heteroatoms. The molecule has 0 atom stereocenters. The van der Waals surface area contributed by atoms with Crippen molar-refractivity contribution in [3.05, 3.63) is 24.3 Å². The zero-order valence-electron chi connectivity index (χ0n) is 12.3. The summed E-state index contributed by atoms with van der Waals surface area (Å²) in [5, 5.41) is 11.7. The van der Waals surface area contributed by atoms with Crippen molar-refractivity contribution in [1.29, 1.82) is 0 Å². The van der Waals surface area contributed by atoms with E-state index in [0.717, 1.165) is 0 Å². The van der Waals surface area contributed by atoms with Crippen LogP contribution < -0.4 is 10.1 Å². The number of benzene rings is 1. The Morgan fingerprint density at radius 1 is 1.30 bits per heavy atom. The first-order valence-electron chi connectivity index (χ1n) is 6.51. The third-order valence-electron chi connectivity index (χ3n) is 2.71. The Morgan fingerprint density at radius 3 is 2.45 bits per heavy atom. The van der Waals surface area contributed by atoms with Crippen LogP contribution in [0.4, 0.5) is 5.69 Å². The van der Waals surface area contributed by atoms with Gasteiger partial charge in [-0.1, -0.05) is 12.1 Å². The van der Waals surface area contributed by atoms with Crippen LogP contribution in [-0.2, 0) is 9.59 Å². The average molecular weight is 279 g/mol. The summed E-state index contributed by atoms with van der Waals surface area (Å²) in [5.41, 5.74) is -0.551. The second-order valence-corrected chi connectivity index (χ2v) is 5.58. The fourth-order valence-electron chi connectivity index (χ4n) is 1.60. The van der Waals surface area contributed by atoms with E-state index in [-0.39, 0.29) is 18.4 Å². The molecule has 1 aromatic rings. The van der Waals surface area contributed by atoms with Gasteiger partial charge in [-0.3, -0.25) is 9.59 Å². The minimum absolute atomic E-state index is 0.0106. The molecule has 0 unspecified atom stereocenters. The lowest BCUT2D eigenvalue weighted by Crippen LogP contribution is -2.29. The highest BCUT2D eigenvalue weighted by atomic mass is 16.5. The molecule has 0 aliphatic rings. The number of aliphatic carboxylic acids is 1. The fraction of sp³-hybridized carbons (Fsp3) is 0.467. The Labute approximate surface area is 118 Å². The first kappa shape index (κ1) is 16.0. The molecule has 0 heterocycles. The first-order valence-corrected chi connectivity index (χ1v) is 6.51. The zero-order chi connectivity index (χ0) is 15.3. The molecular formula is C15H21NO4. The van der Waals surface area contributed by atoms with Gasteiger partial charge in [-0.05, 0) is 39.8 Å². The van der Waals surface area contributed by atoms with Crippen molar-refractivity contribution >= 4 is 17.6 Å². The van der Waals surface area contributed by atoms with Gasteiger partial charge in [-0.15, -0.1) is 0 Å². The molecule has 0 saturated heterocycles. The Bertz CT molecular complexity index is 494. The van der Waals surface area contributed by atoms with Gasteiger partial charge in [0.05, 0.1) is 17.2 Å². The van der Waals surface area contributed by atoms with E-state index in [4.69, 9.17) is 9.84 Å². The number of amides is 1. The minimum Gasteiger partial charge on any atom is -0.489 e. The molecule has 0 aromatic heterocycles. The van der Waals surface area contributed by atoms with Crippen LogP contribution in [0, 0.1) is 5.41 Å². The first-order chi connectivity index (χ1) is 9.22. The smallest absolute Gasteiger partial charge is 0.309 e. The van der Waals surface area contributed by atoms with Crippen molar-refractivity contribution in [2.24, 2.45) is 5.41 Å². The molecule has 2 N–H and O–H groups in total. The molecule has 1 amide bonds. The van der Waals surface area contributed by atoms with Gasteiger partial charge in [-0.2, -0.15) is 0 Å². The second kappa shape index (κ2) is 6.41. The van der Waals surface area contributed by atoms with Crippen LogP contribution in [0.1, 0.15) is 34.1 Å². The monoisotopic (exact) mass is 279 g/mol. The summed E-state index contributed by atoms with van der Waals surface area (Å²) in [6.45, 7) is 6.83. The minimum atomic E-state index is -1.10. The number of rotatable bonds is 6. The van der Waals surface area contributed by atoms with Gasteiger partial charge in [0.2, 0.25) is 5.91 Å². The van der Waals surface area contributed by atoms with Gasteiger partial charge in [0, 0.05) is 6.42 Å². The summed E-state index contributed by atoms with van der Waals surface area (Å²) in [5.74, 6) is -0.777. The quantitative estimate of drug-likeness (QED) is 0.839. The third kappa shape index (κ3) is 4.57. The van der Waals surface area contributed by atoms with Crippen LogP contribution in [0.15, 0.2) is 24.3 Å². The van der Waals surface area contributed by atoms with Crippen LogP contribution in [-0.4, -0.2) is 23.1 Å². The molecule has 0 radical (unpaired) electrons. The number of carbonyl (C=O) groups is 2. The Balaban J connectivity index is 2.78. The molecule has 0 aliphatic heterocycles. The van der Waals surface area contributed by atoms with E-state index >= 15 is 0 Å². The highest BCUT2D eigenvalue weighted by Gasteiger charge is 2.30. The fourth-order valence-corrected chi connectivity index (χ4v) is 1.60. The molecule has 20 heavy (non-hydrogen) atoms. The van der Waals surface area contributed by atoms with E-state index in [1.165, 1.54) is 13.8 Å². The van der Waals surface area contributed by atoms with Crippen LogP contribution in [0.2, 0.25) is 0 Å². The number of carbonyl (C=O) groups excluding carboxylic acids is 1. The van der Waals surface area contributed by atoms with Gasteiger partial charge in [0.25, 0.3) is 0 Å². The van der Waals surface area contributed by atoms with Crippen LogP contribution in [0.25, 0.3) is 0 Å². The number of anilines is 1. The molecule has 110 valence electrons. The lowest BCUT2D eigenvalue weighted by atomic mass is 9.89. The molecule has 1 rings (SSSR count). The van der Waals surface area contributed by atoms with Gasteiger partial charge in [-0.25, -0.2) is 0 Å². The van der Waals surface area contributed by atoms with E-state index in [1.807, 2.05) is 19.9 Å². The lowest BCUT2D eigenvalue weighted by molar-refractivity contribution is -0.148. The Morgan fingerprint density at radius 2 is 1.90 bits per heavy atom. The maximum absolute atomic E-state index is 11.9. The number of carboxylic acid groups (broad SMARTS) is 1. The topological polar surface area (TPSA) is 75.6 Å². The summed E-state index contributed by atoms with van der Waals surface area (Å²) >= 11 is 0. The number of hydrogen-bond acceptors (Lipinski definition) is 3. The normalized spacial score (nSPS) is 11.2. The van der Waals surface area contributed by atoms with Gasteiger partial charge in [0.15, 0.2) is 0 Å². The van der Waals surface area contributed by atoms with Gasteiger partial charge in [0.1, 0.15) is 5.75 Å². The maximum atomic E-state index is 11.9. The predicted molar refractivity (Wildman–Crippen MR) is 76.9 cm³/mol. The number of para-hydroxylation sites is 2. The standard InChI is InChI=1S/C15H21NO4/c1-10(2)20-12-8-6-5-7-11(12)16-13(17)9-15(3,4)14(18)19/h5-8,10H,9H2,1-4H3,(H,16,17)(H,18,19). The molecule has 0 aliphatic carbocycles. The van der Waals surface area contributed by atoms with Crippen molar-refractivity contribution in [2.45, 2.75) is 40.2 Å². The highest BCUT2D eigenvalue weighted by molar-refractivity contribution is 5.95. The number of nitrogens with one attached hydrogen (secondary N) is 1. The molecule has 1 aromatic carbocycles. The summed E-state index contributed by atoms with van der Waals surface area (Å²) in [7, 11) is 0. The van der Waals surface area contributed by atoms with Crippen molar-refractivity contribution in [3.8, 4) is 5.75 Å². The Kier molecular flexibility index (Phi) is 5.13. The Hall–Kier alpha value is -2.04. The second-order valence-electron chi connectivity index (χ2n) is 5.58. The molecular weight excluding hydrogens is 258 g/mol. The summed E-state index contributed by atoms with van der Waals surface area (Å²) in [4.78, 5) is 23.0. The van der Waals surface area contributed by atoms with Gasteiger partial charge < -0.3 is 15.2 Å². The predicted octanol–water partition coefficient (Wildman–Crippen LogP) is 2.91. The molecule has 0 saturated carbocycles. The van der Waals surface area contributed by atoms with E-state index < -0.39 is 11.4 Å². The molecule has 0 spiro atoms. The third-order valence-corrected chi connectivity index (χ3v) is 2.71. The molecule has 0 bridgehead atoms. The van der Waals surface area contributed by atoms with E-state index in [0.29, 0.717) is 11.4 Å². The van der Waals surface area contributed by atoms with E-state index in [2.05, 4.69) is 5.32 Å². The summed E-state index contributed by atoms with van der Waals surface area (Å²) < 4.78 is 5.59. The van der Waals surface area contributed by atoms with Crippen molar-refractivity contribution < 1.29 is 19.4 Å². The van der Waals surface area contributed by atoms with Crippen molar-refractivity contribution in [1.82, 2.24) is 0 Å². The van der Waals surface area contributed by atoms with Crippen LogP contribution >= 0.6 is 0 Å². The molecule has 5 nitrogen and oxygen atoms in total. The number of carboxylic acids is 1.